The SMILES string of the molecule is CCNCCC(=O)OC(C)(CC)C1(C)C2(C)C(C)(C)C12COCC12C(C)(C)C1(C)C2(C)C. The Hall–Kier alpha value is -0.610. The number of hydrogen-bond donors (Lipinski definition) is 1. The summed E-state index contributed by atoms with van der Waals surface area (Å²) in [5.74, 6) is -0.0885. The van der Waals surface area contributed by atoms with Crippen LogP contribution in [0.15, 0.2) is 0 Å². The molecule has 4 nitrogen and oxygen atoms in total. The van der Waals surface area contributed by atoms with E-state index >= 15 is 0 Å². The Labute approximate surface area is 197 Å². The summed E-state index contributed by atoms with van der Waals surface area (Å²) >= 11 is 0. The van der Waals surface area contributed by atoms with E-state index in [-0.39, 0.29) is 27.6 Å². The Morgan fingerprint density at radius 3 is 1.72 bits per heavy atom. The van der Waals surface area contributed by atoms with Gasteiger partial charge in [-0.05, 0) is 47.0 Å². The van der Waals surface area contributed by atoms with E-state index in [9.17, 15) is 4.79 Å². The van der Waals surface area contributed by atoms with Crippen LogP contribution in [-0.2, 0) is 14.3 Å². The summed E-state index contributed by atoms with van der Waals surface area (Å²) in [5.41, 5.74) is 1.24. The lowest BCUT2D eigenvalue weighted by atomic mass is 9.62. The summed E-state index contributed by atoms with van der Waals surface area (Å²) in [6.07, 6.45) is 1.25. The van der Waals surface area contributed by atoms with Crippen molar-refractivity contribution >= 4 is 5.97 Å². The van der Waals surface area contributed by atoms with Gasteiger partial charge in [-0.3, -0.25) is 4.79 Å². The molecule has 0 amide bonds. The molecule has 0 radical (unpaired) electrons. The standard InChI is InChI=1S/C28H49NO3/c1-13-23(9,32-19(30)15-16-29-14-2)26(12)25(11)22(7,8)28(25,26)18-31-17-27-20(3,4)24(27,10)21(27,5)6/h29H,13-18H2,1-12H3. The average molecular weight is 448 g/mol. The Morgan fingerprint density at radius 1 is 0.812 bits per heavy atom. The van der Waals surface area contributed by atoms with E-state index < -0.39 is 5.60 Å². The number of carbonyl (C=O) groups excluding carboxylic acids is 1. The van der Waals surface area contributed by atoms with Gasteiger partial charge >= 0.3 is 5.97 Å². The molecule has 4 fully saturated rings. The van der Waals surface area contributed by atoms with Crippen molar-refractivity contribution in [3.8, 4) is 0 Å². The van der Waals surface area contributed by atoms with Crippen LogP contribution in [0, 0.1) is 43.3 Å². The van der Waals surface area contributed by atoms with E-state index in [1.807, 2.05) is 0 Å². The van der Waals surface area contributed by atoms with E-state index in [1.165, 1.54) is 0 Å². The molecule has 0 bridgehead atoms. The van der Waals surface area contributed by atoms with Crippen LogP contribution in [0.2, 0.25) is 0 Å². The molecule has 0 saturated heterocycles. The van der Waals surface area contributed by atoms with Crippen molar-refractivity contribution in [2.45, 2.75) is 102 Å². The molecule has 0 heterocycles. The van der Waals surface area contributed by atoms with Gasteiger partial charge in [0.1, 0.15) is 5.60 Å². The van der Waals surface area contributed by atoms with Gasteiger partial charge in [0.2, 0.25) is 0 Å². The molecule has 0 aliphatic heterocycles. The second kappa shape index (κ2) is 6.14. The summed E-state index contributed by atoms with van der Waals surface area (Å²) in [6, 6.07) is 0. The van der Waals surface area contributed by atoms with Crippen LogP contribution in [0.4, 0.5) is 0 Å². The fraction of sp³-hybridized carbons (Fsp3) is 0.964. The van der Waals surface area contributed by atoms with Gasteiger partial charge in [0.15, 0.2) is 0 Å². The van der Waals surface area contributed by atoms with E-state index in [1.54, 1.807) is 0 Å². The Bertz CT molecular complexity index is 828. The molecule has 1 N–H and O–H groups in total. The number of fused-ring (bicyclic) bond motifs is 2. The third-order valence-electron chi connectivity index (χ3n) is 13.7. The van der Waals surface area contributed by atoms with Crippen molar-refractivity contribution in [1.82, 2.24) is 5.32 Å². The summed E-state index contributed by atoms with van der Waals surface area (Å²) in [7, 11) is 0. The molecule has 4 heteroatoms. The van der Waals surface area contributed by atoms with Crippen LogP contribution in [-0.4, -0.2) is 37.9 Å². The maximum Gasteiger partial charge on any atom is 0.307 e. The second-order valence-electron chi connectivity index (χ2n) is 13.7. The Balaban J connectivity index is 1.48. The van der Waals surface area contributed by atoms with E-state index in [0.717, 1.165) is 26.2 Å². The zero-order valence-electron chi connectivity index (χ0n) is 23.0. The predicted octanol–water partition coefficient (Wildman–Crippen LogP) is 5.84. The fourth-order valence-corrected chi connectivity index (χ4v) is 10.8. The number of ether oxygens (including phenoxy) is 2. The largest absolute Gasteiger partial charge is 0.459 e. The normalized spacial score (nSPS) is 47.0. The monoisotopic (exact) mass is 447 g/mol. The summed E-state index contributed by atoms with van der Waals surface area (Å²) in [4.78, 5) is 12.7. The van der Waals surface area contributed by atoms with Crippen molar-refractivity contribution in [3.63, 3.8) is 0 Å². The highest BCUT2D eigenvalue weighted by Gasteiger charge is 3.08. The first-order valence-corrected chi connectivity index (χ1v) is 13.0. The van der Waals surface area contributed by atoms with Gasteiger partial charge in [0.25, 0.3) is 0 Å². The molecule has 184 valence electrons. The third-order valence-corrected chi connectivity index (χ3v) is 13.7. The molecule has 4 atom stereocenters. The van der Waals surface area contributed by atoms with Crippen molar-refractivity contribution in [2.75, 3.05) is 26.3 Å². The second-order valence-corrected chi connectivity index (χ2v) is 13.7. The smallest absolute Gasteiger partial charge is 0.307 e. The summed E-state index contributed by atoms with van der Waals surface area (Å²) in [5, 5.41) is 3.23. The van der Waals surface area contributed by atoms with Gasteiger partial charge in [-0.25, -0.2) is 0 Å². The third kappa shape index (κ3) is 1.91. The fourth-order valence-electron chi connectivity index (χ4n) is 10.8. The van der Waals surface area contributed by atoms with Gasteiger partial charge in [-0.1, -0.05) is 76.2 Å². The number of rotatable bonds is 11. The zero-order chi connectivity index (χ0) is 24.4. The zero-order valence-corrected chi connectivity index (χ0v) is 23.0. The first-order chi connectivity index (χ1) is 14.5. The molecule has 4 rings (SSSR count). The number of carbonyl (C=O) groups is 1. The van der Waals surface area contributed by atoms with Crippen LogP contribution >= 0.6 is 0 Å². The highest BCUT2D eigenvalue weighted by Crippen LogP contribution is 3.08. The highest BCUT2D eigenvalue weighted by molar-refractivity contribution is 5.71. The molecule has 0 aromatic heterocycles. The van der Waals surface area contributed by atoms with Gasteiger partial charge in [0.05, 0.1) is 19.6 Å². The number of hydrogen-bond acceptors (Lipinski definition) is 4. The maximum atomic E-state index is 12.7. The molecular formula is C28H49NO3. The van der Waals surface area contributed by atoms with Crippen LogP contribution in [0.5, 0.6) is 0 Å². The molecule has 4 aliphatic rings. The van der Waals surface area contributed by atoms with Gasteiger partial charge < -0.3 is 14.8 Å². The quantitative estimate of drug-likeness (QED) is 0.319. The first kappa shape index (κ1) is 24.5. The van der Waals surface area contributed by atoms with Crippen molar-refractivity contribution in [1.29, 1.82) is 0 Å². The molecular weight excluding hydrogens is 398 g/mol. The molecule has 4 aliphatic carbocycles. The minimum absolute atomic E-state index is 0.0603. The topological polar surface area (TPSA) is 47.6 Å². The van der Waals surface area contributed by atoms with Gasteiger partial charge in [-0.15, -0.1) is 0 Å². The van der Waals surface area contributed by atoms with E-state index in [4.69, 9.17) is 9.47 Å². The van der Waals surface area contributed by atoms with Crippen molar-refractivity contribution < 1.29 is 14.3 Å². The lowest BCUT2D eigenvalue weighted by Gasteiger charge is -2.47. The van der Waals surface area contributed by atoms with Crippen molar-refractivity contribution in [2.24, 2.45) is 43.3 Å². The summed E-state index contributed by atoms with van der Waals surface area (Å²) in [6.45, 7) is 31.1. The predicted molar refractivity (Wildman–Crippen MR) is 129 cm³/mol. The summed E-state index contributed by atoms with van der Waals surface area (Å²) < 4.78 is 12.9. The van der Waals surface area contributed by atoms with Gasteiger partial charge in [0, 0.05) is 22.8 Å². The molecule has 0 aromatic carbocycles. The molecule has 0 spiro atoms. The van der Waals surface area contributed by atoms with Crippen LogP contribution in [0.3, 0.4) is 0 Å². The minimum atomic E-state index is -0.478. The first-order valence-electron chi connectivity index (χ1n) is 13.0. The van der Waals surface area contributed by atoms with Crippen LogP contribution in [0.1, 0.15) is 95.9 Å². The average Bonchev–Trinajstić information content (AvgIpc) is 3.56. The lowest BCUT2D eigenvalue weighted by molar-refractivity contribution is -0.179. The Kier molecular flexibility index (Phi) is 4.70. The van der Waals surface area contributed by atoms with Crippen LogP contribution in [0.25, 0.3) is 0 Å². The molecule has 4 unspecified atom stereocenters. The van der Waals surface area contributed by atoms with E-state index in [0.29, 0.717) is 34.6 Å². The van der Waals surface area contributed by atoms with Crippen LogP contribution < -0.4 is 5.32 Å². The van der Waals surface area contributed by atoms with E-state index in [2.05, 4.69) is 88.4 Å². The lowest BCUT2D eigenvalue weighted by Crippen LogP contribution is -2.51. The molecule has 4 saturated carbocycles. The maximum absolute atomic E-state index is 12.7. The molecule has 0 aromatic rings. The minimum Gasteiger partial charge on any atom is -0.459 e. The highest BCUT2D eigenvalue weighted by atomic mass is 16.6. The Morgan fingerprint density at radius 2 is 1.31 bits per heavy atom. The number of esters is 1. The molecule has 32 heavy (non-hydrogen) atoms. The number of nitrogens with one attached hydrogen (secondary N) is 1. The van der Waals surface area contributed by atoms with Gasteiger partial charge in [-0.2, -0.15) is 0 Å². The van der Waals surface area contributed by atoms with Crippen molar-refractivity contribution in [3.05, 3.63) is 0 Å².